The number of rotatable bonds is 7. The number of esters is 1. The normalized spacial score (nSPS) is 11.3. The van der Waals surface area contributed by atoms with E-state index in [-0.39, 0.29) is 19.4 Å². The molecule has 0 heterocycles. The number of ether oxygens (including phenoxy) is 2. The summed E-state index contributed by atoms with van der Waals surface area (Å²) in [6.07, 6.45) is -1.16. The molecule has 0 fully saturated rings. The topological polar surface area (TPSA) is 102 Å². The highest BCUT2D eigenvalue weighted by atomic mass is 16.5. The Morgan fingerprint density at radius 2 is 1.90 bits per heavy atom. The predicted molar refractivity (Wildman–Crippen MR) is 72.4 cm³/mol. The Bertz CT molecular complexity index is 487. The number of nitrogens with one attached hydrogen (secondary N) is 1. The number of alkyl carbamates (subject to hydrolysis) is 1. The van der Waals surface area contributed by atoms with Gasteiger partial charge in [0.2, 0.25) is 0 Å². The molecule has 1 amide bonds. The van der Waals surface area contributed by atoms with Crippen molar-refractivity contribution in [1.29, 1.82) is 0 Å². The molecule has 7 nitrogen and oxygen atoms in total. The maximum atomic E-state index is 11.9. The van der Waals surface area contributed by atoms with Crippen molar-refractivity contribution in [1.82, 2.24) is 5.32 Å². The van der Waals surface area contributed by atoms with E-state index in [2.05, 4.69) is 10.1 Å². The van der Waals surface area contributed by atoms with Crippen molar-refractivity contribution in [2.75, 3.05) is 7.11 Å². The third-order valence-electron chi connectivity index (χ3n) is 2.63. The monoisotopic (exact) mass is 295 g/mol. The maximum absolute atomic E-state index is 11.9. The molecular weight excluding hydrogens is 278 g/mol. The summed E-state index contributed by atoms with van der Waals surface area (Å²) in [7, 11) is 1.15. The minimum Gasteiger partial charge on any atom is -0.481 e. The summed E-state index contributed by atoms with van der Waals surface area (Å²) in [5.41, 5.74) is 0.793. The van der Waals surface area contributed by atoms with Gasteiger partial charge in [-0.1, -0.05) is 30.3 Å². The zero-order valence-corrected chi connectivity index (χ0v) is 11.6. The summed E-state index contributed by atoms with van der Waals surface area (Å²) in [6.45, 7) is 0.0477. The first-order valence-corrected chi connectivity index (χ1v) is 6.29. The van der Waals surface area contributed by atoms with Crippen LogP contribution in [0.25, 0.3) is 0 Å². The number of carboxylic acid groups (broad SMARTS) is 1. The number of carboxylic acids is 1. The van der Waals surface area contributed by atoms with Crippen LogP contribution in [0.1, 0.15) is 18.4 Å². The highest BCUT2D eigenvalue weighted by Gasteiger charge is 2.23. The van der Waals surface area contributed by atoms with Crippen molar-refractivity contribution < 1.29 is 29.0 Å². The molecule has 114 valence electrons. The third kappa shape index (κ3) is 6.42. The lowest BCUT2D eigenvalue weighted by atomic mass is 10.1. The lowest BCUT2D eigenvalue weighted by molar-refractivity contribution is -0.147. The number of benzene rings is 1. The molecule has 0 radical (unpaired) electrons. The van der Waals surface area contributed by atoms with Gasteiger partial charge in [-0.25, -0.2) is 9.59 Å². The number of aliphatic carboxylic acids is 1. The predicted octanol–water partition coefficient (Wildman–Crippen LogP) is 1.32. The van der Waals surface area contributed by atoms with Crippen LogP contribution in [0.2, 0.25) is 0 Å². The molecule has 0 saturated heterocycles. The van der Waals surface area contributed by atoms with E-state index in [1.807, 2.05) is 6.07 Å². The van der Waals surface area contributed by atoms with Gasteiger partial charge in [-0.3, -0.25) is 4.79 Å². The number of hydrogen-bond donors (Lipinski definition) is 2. The number of carbonyl (C=O) groups excluding carboxylic acids is 2. The van der Waals surface area contributed by atoms with E-state index in [1.165, 1.54) is 0 Å². The van der Waals surface area contributed by atoms with Gasteiger partial charge in [0.1, 0.15) is 12.6 Å². The lowest BCUT2D eigenvalue weighted by Gasteiger charge is -2.16. The van der Waals surface area contributed by atoms with Crippen molar-refractivity contribution in [2.45, 2.75) is 25.5 Å². The molecule has 0 aromatic heterocycles. The van der Waals surface area contributed by atoms with Crippen LogP contribution in [0.15, 0.2) is 30.3 Å². The summed E-state index contributed by atoms with van der Waals surface area (Å²) < 4.78 is 9.46. The van der Waals surface area contributed by atoms with Crippen LogP contribution in [0.4, 0.5) is 4.79 Å². The Kier molecular flexibility index (Phi) is 6.73. The highest BCUT2D eigenvalue weighted by molar-refractivity contribution is 5.82. The molecule has 1 atom stereocenters. The summed E-state index contributed by atoms with van der Waals surface area (Å²) in [5.74, 6) is -1.77. The van der Waals surface area contributed by atoms with E-state index in [0.717, 1.165) is 12.7 Å². The van der Waals surface area contributed by atoms with Crippen LogP contribution in [0.3, 0.4) is 0 Å². The van der Waals surface area contributed by atoms with Gasteiger partial charge >= 0.3 is 18.0 Å². The fourth-order valence-electron chi connectivity index (χ4n) is 1.55. The Balaban J connectivity index is 2.56. The summed E-state index contributed by atoms with van der Waals surface area (Å²) in [4.78, 5) is 33.6. The van der Waals surface area contributed by atoms with Crippen molar-refractivity contribution in [2.24, 2.45) is 0 Å². The second-order valence-corrected chi connectivity index (χ2v) is 4.21. The smallest absolute Gasteiger partial charge is 0.407 e. The molecule has 2 N–H and O–H groups in total. The molecule has 1 aromatic carbocycles. The standard InChI is InChI=1S/C14H17NO6/c1-20-14(19)15-11(7-8-12(16)17)13(18)21-9-10-5-3-2-4-6-10/h2-6,11H,7-9H2,1H3,(H,15,19)(H,16,17)/t11-/m0/s1. The Morgan fingerprint density at radius 1 is 1.24 bits per heavy atom. The molecule has 21 heavy (non-hydrogen) atoms. The minimum atomic E-state index is -1.07. The van der Waals surface area contributed by atoms with Crippen LogP contribution in [0, 0.1) is 0 Å². The van der Waals surface area contributed by atoms with Crippen LogP contribution in [0.5, 0.6) is 0 Å². The summed E-state index contributed by atoms with van der Waals surface area (Å²) in [6, 6.07) is 7.95. The van der Waals surface area contributed by atoms with E-state index in [0.29, 0.717) is 0 Å². The lowest BCUT2D eigenvalue weighted by Crippen LogP contribution is -2.42. The van der Waals surface area contributed by atoms with Gasteiger partial charge in [0.25, 0.3) is 0 Å². The van der Waals surface area contributed by atoms with Gasteiger partial charge in [0.15, 0.2) is 0 Å². The van der Waals surface area contributed by atoms with Gasteiger partial charge in [-0.05, 0) is 12.0 Å². The third-order valence-corrected chi connectivity index (χ3v) is 2.63. The van der Waals surface area contributed by atoms with Crippen LogP contribution >= 0.6 is 0 Å². The molecule has 0 aliphatic rings. The fourth-order valence-corrected chi connectivity index (χ4v) is 1.55. The van der Waals surface area contributed by atoms with E-state index in [9.17, 15) is 14.4 Å². The molecule has 7 heteroatoms. The molecule has 0 aliphatic heterocycles. The van der Waals surface area contributed by atoms with Gasteiger partial charge < -0.3 is 19.9 Å². The summed E-state index contributed by atoms with van der Waals surface area (Å²) in [5, 5.41) is 10.9. The molecule has 1 rings (SSSR count). The van der Waals surface area contributed by atoms with E-state index < -0.39 is 24.1 Å². The van der Waals surface area contributed by atoms with E-state index >= 15 is 0 Å². The first-order chi connectivity index (χ1) is 10.0. The largest absolute Gasteiger partial charge is 0.481 e. The highest BCUT2D eigenvalue weighted by Crippen LogP contribution is 2.05. The van der Waals surface area contributed by atoms with Gasteiger partial charge in [0.05, 0.1) is 7.11 Å². The van der Waals surface area contributed by atoms with E-state index in [4.69, 9.17) is 9.84 Å². The molecular formula is C14H17NO6. The average molecular weight is 295 g/mol. The van der Waals surface area contributed by atoms with Crippen LogP contribution < -0.4 is 5.32 Å². The van der Waals surface area contributed by atoms with Crippen LogP contribution in [-0.4, -0.2) is 36.3 Å². The zero-order valence-electron chi connectivity index (χ0n) is 11.6. The number of amides is 1. The maximum Gasteiger partial charge on any atom is 0.407 e. The first-order valence-electron chi connectivity index (χ1n) is 6.29. The van der Waals surface area contributed by atoms with Gasteiger partial charge in [-0.2, -0.15) is 0 Å². The SMILES string of the molecule is COC(=O)N[C@@H](CCC(=O)O)C(=O)OCc1ccccc1. The first kappa shape index (κ1) is 16.5. The molecule has 1 aromatic rings. The zero-order chi connectivity index (χ0) is 15.7. The molecule has 0 unspecified atom stereocenters. The van der Waals surface area contributed by atoms with Crippen LogP contribution in [-0.2, 0) is 25.7 Å². The molecule has 0 saturated carbocycles. The number of carbonyl (C=O) groups is 3. The molecule has 0 aliphatic carbocycles. The molecule has 0 bridgehead atoms. The summed E-state index contributed by atoms with van der Waals surface area (Å²) >= 11 is 0. The number of methoxy groups -OCH3 is 1. The van der Waals surface area contributed by atoms with E-state index in [1.54, 1.807) is 24.3 Å². The van der Waals surface area contributed by atoms with Gasteiger partial charge in [0, 0.05) is 6.42 Å². The Labute approximate surface area is 121 Å². The van der Waals surface area contributed by atoms with Crippen molar-refractivity contribution >= 4 is 18.0 Å². The van der Waals surface area contributed by atoms with Crippen molar-refractivity contribution in [3.05, 3.63) is 35.9 Å². The second kappa shape index (κ2) is 8.57. The second-order valence-electron chi connectivity index (χ2n) is 4.21. The van der Waals surface area contributed by atoms with Crippen molar-refractivity contribution in [3.63, 3.8) is 0 Å². The molecule has 0 spiro atoms. The number of hydrogen-bond acceptors (Lipinski definition) is 5. The Morgan fingerprint density at radius 3 is 2.48 bits per heavy atom. The quantitative estimate of drug-likeness (QED) is 0.735. The van der Waals surface area contributed by atoms with Gasteiger partial charge in [-0.15, -0.1) is 0 Å². The minimum absolute atomic E-state index is 0.0477. The Hall–Kier alpha value is -2.57. The average Bonchev–Trinajstić information content (AvgIpc) is 2.49. The van der Waals surface area contributed by atoms with Crippen molar-refractivity contribution in [3.8, 4) is 0 Å². The fraction of sp³-hybridized carbons (Fsp3) is 0.357.